The smallest absolute Gasteiger partial charge is 0.265 e. The second-order valence-electron chi connectivity index (χ2n) is 8.51. The number of nitriles is 1. The molecule has 1 aliphatic rings. The van der Waals surface area contributed by atoms with E-state index in [0.29, 0.717) is 22.9 Å². The van der Waals surface area contributed by atoms with Crippen molar-refractivity contribution in [3.8, 4) is 6.07 Å². The van der Waals surface area contributed by atoms with Gasteiger partial charge in [0.25, 0.3) is 7.82 Å². The van der Waals surface area contributed by atoms with Gasteiger partial charge in [-0.3, -0.25) is 4.57 Å². The molecule has 1 fully saturated rings. The Kier molecular flexibility index (Phi) is 7.90. The molecule has 0 saturated heterocycles. The van der Waals surface area contributed by atoms with Gasteiger partial charge in [0.15, 0.2) is 0 Å². The van der Waals surface area contributed by atoms with E-state index in [1.165, 1.54) is 0 Å². The van der Waals surface area contributed by atoms with Crippen LogP contribution in [0.3, 0.4) is 0 Å². The van der Waals surface area contributed by atoms with Crippen molar-refractivity contribution in [3.05, 3.63) is 0 Å². The van der Waals surface area contributed by atoms with Crippen molar-refractivity contribution in [1.82, 2.24) is 0 Å². The normalized spacial score (nSPS) is 30.7. The molecule has 0 heterocycles. The summed E-state index contributed by atoms with van der Waals surface area (Å²) in [5.74, 6) is 0.985. The van der Waals surface area contributed by atoms with Gasteiger partial charge in [0.05, 0.1) is 27.2 Å². The van der Waals surface area contributed by atoms with Crippen molar-refractivity contribution in [2.45, 2.75) is 52.1 Å². The zero-order chi connectivity index (χ0) is 18.5. The molecule has 7 heteroatoms. The van der Waals surface area contributed by atoms with E-state index < -0.39 is 13.9 Å². The van der Waals surface area contributed by atoms with Gasteiger partial charge in [-0.1, -0.05) is 26.2 Å². The lowest BCUT2D eigenvalue weighted by Crippen LogP contribution is -2.46. The Morgan fingerprint density at radius 1 is 1.33 bits per heavy atom. The van der Waals surface area contributed by atoms with Crippen molar-refractivity contribution in [3.63, 3.8) is 0 Å². The highest BCUT2D eigenvalue weighted by atomic mass is 31.2. The summed E-state index contributed by atoms with van der Waals surface area (Å²) in [6.07, 6.45) is 4.30. The summed E-state index contributed by atoms with van der Waals surface area (Å²) < 4.78 is 17.0. The fraction of sp³-hybridized carbons (Fsp3) is 0.941. The van der Waals surface area contributed by atoms with Crippen LogP contribution >= 0.6 is 7.82 Å². The van der Waals surface area contributed by atoms with Gasteiger partial charge < -0.3 is 18.8 Å². The minimum Gasteiger partial charge on any atom is -0.756 e. The maximum atomic E-state index is 11.3. The molecule has 0 radical (unpaired) electrons. The first kappa shape index (κ1) is 21.6. The molecule has 6 nitrogen and oxygen atoms in total. The predicted molar refractivity (Wildman–Crippen MR) is 91.6 cm³/mol. The molecule has 1 aliphatic carbocycles. The summed E-state index contributed by atoms with van der Waals surface area (Å²) in [6, 6.07) is 2.30. The molecule has 1 rings (SSSR count). The van der Waals surface area contributed by atoms with Crippen LogP contribution in [-0.2, 0) is 9.09 Å². The van der Waals surface area contributed by atoms with E-state index in [0.717, 1.165) is 32.1 Å². The number of nitrogens with zero attached hydrogens (tertiary/aromatic N) is 2. The zero-order valence-corrected chi connectivity index (χ0v) is 16.5. The Balaban J connectivity index is 2.85. The number of likely N-dealkylation sites (N-methyl/N-ethyl adjacent to an activating group) is 1. The summed E-state index contributed by atoms with van der Waals surface area (Å²) in [5, 5.41) is 9.02. The lowest BCUT2D eigenvalue weighted by atomic mass is 9.84. The lowest BCUT2D eigenvalue weighted by molar-refractivity contribution is -0.873. The SMILES string of the molecule is CC(C#N)CC1CCC(C)C(C(C[N+](C)(C)C)OP(=O)([O-])O)CC1. The molecule has 0 bridgehead atoms. The van der Waals surface area contributed by atoms with E-state index in [2.05, 4.69) is 13.0 Å². The Labute approximate surface area is 146 Å². The first-order chi connectivity index (χ1) is 10.9. The standard InChI is InChI=1S/C17H33N2O4P/c1-13(11-18)10-15-7-6-14(2)16(9-8-15)17(12-19(3,4)5)23-24(20,21)22/h13-17H,6-10,12H2,1-5H3,(H-,20,21,22). The molecule has 0 aliphatic heterocycles. The molecule has 6 unspecified atom stereocenters. The highest BCUT2D eigenvalue weighted by Gasteiger charge is 2.36. The molecule has 1 N–H and O–H groups in total. The molecule has 0 aromatic heterocycles. The number of rotatable bonds is 7. The molecule has 0 amide bonds. The highest BCUT2D eigenvalue weighted by Crippen LogP contribution is 2.42. The Bertz CT molecular complexity index is 480. The number of phosphoric acid groups is 1. The molecule has 140 valence electrons. The summed E-state index contributed by atoms with van der Waals surface area (Å²) in [5.41, 5.74) is 0. The predicted octanol–water partition coefficient (Wildman–Crippen LogP) is 2.53. The van der Waals surface area contributed by atoms with E-state index in [9.17, 15) is 14.4 Å². The molecule has 0 aromatic carbocycles. The van der Waals surface area contributed by atoms with E-state index >= 15 is 0 Å². The van der Waals surface area contributed by atoms with Crippen LogP contribution in [0, 0.1) is 35.0 Å². The third-order valence-electron chi connectivity index (χ3n) is 5.05. The van der Waals surface area contributed by atoms with Crippen LogP contribution in [0.5, 0.6) is 0 Å². The zero-order valence-electron chi connectivity index (χ0n) is 15.6. The quantitative estimate of drug-likeness (QED) is 0.428. The van der Waals surface area contributed by atoms with Crippen LogP contribution in [0.25, 0.3) is 0 Å². The minimum atomic E-state index is -4.76. The van der Waals surface area contributed by atoms with Gasteiger partial charge in [-0.15, -0.1) is 0 Å². The molecular formula is C17H33N2O4P. The van der Waals surface area contributed by atoms with E-state index in [1.54, 1.807) is 0 Å². The number of quaternary nitrogens is 1. The van der Waals surface area contributed by atoms with Crippen molar-refractivity contribution >= 4 is 7.82 Å². The van der Waals surface area contributed by atoms with Crippen LogP contribution in [0.4, 0.5) is 0 Å². The fourth-order valence-electron chi connectivity index (χ4n) is 3.87. The van der Waals surface area contributed by atoms with Gasteiger partial charge in [0, 0.05) is 5.92 Å². The van der Waals surface area contributed by atoms with Crippen LogP contribution in [0.15, 0.2) is 0 Å². The van der Waals surface area contributed by atoms with E-state index in [4.69, 9.17) is 9.79 Å². The van der Waals surface area contributed by atoms with Gasteiger partial charge in [0.1, 0.15) is 12.6 Å². The third kappa shape index (κ3) is 8.09. The summed E-state index contributed by atoms with van der Waals surface area (Å²) >= 11 is 0. The van der Waals surface area contributed by atoms with Gasteiger partial charge in [0.2, 0.25) is 0 Å². The topological polar surface area (TPSA) is 93.4 Å². The van der Waals surface area contributed by atoms with Crippen molar-refractivity contribution in [1.29, 1.82) is 5.26 Å². The highest BCUT2D eigenvalue weighted by molar-refractivity contribution is 7.44. The largest absolute Gasteiger partial charge is 0.756 e. The molecule has 6 atom stereocenters. The van der Waals surface area contributed by atoms with E-state index in [1.807, 2.05) is 28.1 Å². The van der Waals surface area contributed by atoms with Crippen LogP contribution < -0.4 is 4.89 Å². The fourth-order valence-corrected chi connectivity index (χ4v) is 4.43. The van der Waals surface area contributed by atoms with Gasteiger partial charge in [-0.05, 0) is 37.5 Å². The second-order valence-corrected chi connectivity index (χ2v) is 9.66. The van der Waals surface area contributed by atoms with Gasteiger partial charge >= 0.3 is 0 Å². The first-order valence-electron chi connectivity index (χ1n) is 8.83. The van der Waals surface area contributed by atoms with Crippen LogP contribution in [0.2, 0.25) is 0 Å². The minimum absolute atomic E-state index is 0.0550. The Hall–Kier alpha value is -0.440. The maximum absolute atomic E-state index is 11.3. The monoisotopic (exact) mass is 360 g/mol. The Morgan fingerprint density at radius 3 is 2.42 bits per heavy atom. The molecule has 0 spiro atoms. The average molecular weight is 360 g/mol. The third-order valence-corrected chi connectivity index (χ3v) is 5.59. The van der Waals surface area contributed by atoms with E-state index in [-0.39, 0.29) is 11.8 Å². The maximum Gasteiger partial charge on any atom is 0.265 e. The number of hydrogen-bond donors (Lipinski definition) is 1. The second kappa shape index (κ2) is 8.78. The number of phosphoric ester groups is 1. The van der Waals surface area contributed by atoms with Crippen LogP contribution in [0.1, 0.15) is 46.0 Å². The van der Waals surface area contributed by atoms with Gasteiger partial charge in [-0.25, -0.2) is 0 Å². The first-order valence-corrected chi connectivity index (χ1v) is 10.3. The average Bonchev–Trinajstić information content (AvgIpc) is 2.57. The molecule has 24 heavy (non-hydrogen) atoms. The Morgan fingerprint density at radius 2 is 1.92 bits per heavy atom. The number of hydrogen-bond acceptors (Lipinski definition) is 4. The molecular weight excluding hydrogens is 327 g/mol. The lowest BCUT2D eigenvalue weighted by Gasteiger charge is -2.37. The summed E-state index contributed by atoms with van der Waals surface area (Å²) in [6.45, 7) is 4.62. The molecule has 1 saturated carbocycles. The molecule has 0 aromatic rings. The van der Waals surface area contributed by atoms with Crippen molar-refractivity contribution < 1.29 is 23.4 Å². The van der Waals surface area contributed by atoms with Crippen molar-refractivity contribution in [2.75, 3.05) is 27.7 Å². The van der Waals surface area contributed by atoms with Gasteiger partial charge in [-0.2, -0.15) is 5.26 Å². The van der Waals surface area contributed by atoms with Crippen molar-refractivity contribution in [2.24, 2.45) is 23.7 Å². The van der Waals surface area contributed by atoms with Crippen LogP contribution in [-0.4, -0.2) is 43.2 Å². The summed E-state index contributed by atoms with van der Waals surface area (Å²) in [4.78, 5) is 20.5. The summed E-state index contributed by atoms with van der Waals surface area (Å²) in [7, 11) is 1.20.